The van der Waals surface area contributed by atoms with Crippen molar-refractivity contribution in [3.05, 3.63) is 0 Å². The molecule has 136 valence electrons. The number of ether oxygens (including phenoxy) is 1. The summed E-state index contributed by atoms with van der Waals surface area (Å²) >= 11 is 0. The Bertz CT molecular complexity index is 309. The lowest BCUT2D eigenvalue weighted by molar-refractivity contribution is -0.153. The van der Waals surface area contributed by atoms with Crippen molar-refractivity contribution in [2.75, 3.05) is 13.2 Å². The van der Waals surface area contributed by atoms with E-state index in [1.807, 2.05) is 13.8 Å². The van der Waals surface area contributed by atoms with Gasteiger partial charge in [0.1, 0.15) is 0 Å². The molecule has 0 spiro atoms. The van der Waals surface area contributed by atoms with E-state index in [9.17, 15) is 4.79 Å². The summed E-state index contributed by atoms with van der Waals surface area (Å²) < 4.78 is 5.49. The summed E-state index contributed by atoms with van der Waals surface area (Å²) in [6, 6.07) is 0.606. The van der Waals surface area contributed by atoms with Crippen LogP contribution in [0.1, 0.15) is 97.8 Å². The molecule has 1 fully saturated rings. The van der Waals surface area contributed by atoms with Crippen LogP contribution in [0, 0.1) is 5.41 Å². The van der Waals surface area contributed by atoms with Crippen molar-refractivity contribution in [3.8, 4) is 0 Å². The quantitative estimate of drug-likeness (QED) is 0.372. The van der Waals surface area contributed by atoms with Gasteiger partial charge in [-0.05, 0) is 33.1 Å². The van der Waals surface area contributed by atoms with Crippen LogP contribution < -0.4 is 5.32 Å². The maximum absolute atomic E-state index is 12.2. The first-order chi connectivity index (χ1) is 11.1. The van der Waals surface area contributed by atoms with Gasteiger partial charge in [-0.25, -0.2) is 0 Å². The molecule has 1 saturated carbocycles. The second-order valence-corrected chi connectivity index (χ2v) is 7.86. The molecular weight excluding hydrogens is 286 g/mol. The standard InChI is InChI=1S/C20H39NO2/c1-4-5-6-7-8-9-10-13-16-23-19(22)20(2,3)17-21-18-14-11-12-15-18/h18,21H,4-17H2,1-3H3. The third kappa shape index (κ3) is 9.34. The second-order valence-electron chi connectivity index (χ2n) is 7.86. The minimum absolute atomic E-state index is 0.0501. The molecule has 0 unspecified atom stereocenters. The highest BCUT2D eigenvalue weighted by Crippen LogP contribution is 2.21. The van der Waals surface area contributed by atoms with Gasteiger partial charge in [-0.2, -0.15) is 0 Å². The SMILES string of the molecule is CCCCCCCCCCOC(=O)C(C)(C)CNC1CCCC1. The molecule has 1 N–H and O–H groups in total. The lowest BCUT2D eigenvalue weighted by Gasteiger charge is -2.25. The van der Waals surface area contributed by atoms with Crippen LogP contribution in [0.2, 0.25) is 0 Å². The number of hydrogen-bond acceptors (Lipinski definition) is 3. The van der Waals surface area contributed by atoms with Gasteiger partial charge in [0.25, 0.3) is 0 Å². The van der Waals surface area contributed by atoms with Crippen LogP contribution in [0.15, 0.2) is 0 Å². The summed E-state index contributed by atoms with van der Waals surface area (Å²) in [4.78, 5) is 12.2. The second kappa shape index (κ2) is 11.9. The minimum atomic E-state index is -0.414. The first kappa shape index (κ1) is 20.5. The van der Waals surface area contributed by atoms with Crippen LogP contribution in [0.25, 0.3) is 0 Å². The topological polar surface area (TPSA) is 38.3 Å². The third-order valence-electron chi connectivity index (χ3n) is 4.97. The van der Waals surface area contributed by atoms with Crippen molar-refractivity contribution in [3.63, 3.8) is 0 Å². The molecule has 0 saturated heterocycles. The Morgan fingerprint density at radius 3 is 2.17 bits per heavy atom. The zero-order valence-electron chi connectivity index (χ0n) is 15.8. The molecule has 1 rings (SSSR count). The molecule has 3 heteroatoms. The van der Waals surface area contributed by atoms with Crippen molar-refractivity contribution in [1.29, 1.82) is 0 Å². The number of carbonyl (C=O) groups excluding carboxylic acids is 1. The molecule has 0 bridgehead atoms. The first-order valence-electron chi connectivity index (χ1n) is 9.97. The van der Waals surface area contributed by atoms with Gasteiger partial charge in [-0.1, -0.05) is 64.7 Å². The van der Waals surface area contributed by atoms with E-state index < -0.39 is 5.41 Å². The molecule has 0 radical (unpaired) electrons. The fourth-order valence-corrected chi connectivity index (χ4v) is 3.20. The highest BCUT2D eigenvalue weighted by atomic mass is 16.5. The Kier molecular flexibility index (Phi) is 10.6. The fraction of sp³-hybridized carbons (Fsp3) is 0.950. The van der Waals surface area contributed by atoms with Crippen LogP contribution >= 0.6 is 0 Å². The number of nitrogens with one attached hydrogen (secondary N) is 1. The molecule has 0 aliphatic heterocycles. The Morgan fingerprint density at radius 1 is 1.00 bits per heavy atom. The predicted octanol–water partition coefficient (Wildman–Crippen LogP) is 5.23. The monoisotopic (exact) mass is 325 g/mol. The molecule has 0 heterocycles. The number of carbonyl (C=O) groups is 1. The number of unbranched alkanes of at least 4 members (excludes halogenated alkanes) is 7. The van der Waals surface area contributed by atoms with Gasteiger partial charge < -0.3 is 10.1 Å². The maximum atomic E-state index is 12.2. The van der Waals surface area contributed by atoms with E-state index in [0.717, 1.165) is 13.0 Å². The average Bonchev–Trinajstić information content (AvgIpc) is 3.04. The summed E-state index contributed by atoms with van der Waals surface area (Å²) in [7, 11) is 0. The maximum Gasteiger partial charge on any atom is 0.312 e. The van der Waals surface area contributed by atoms with Gasteiger partial charge in [0.05, 0.1) is 12.0 Å². The molecule has 1 aliphatic carbocycles. The number of hydrogen-bond donors (Lipinski definition) is 1. The predicted molar refractivity (Wildman–Crippen MR) is 97.6 cm³/mol. The smallest absolute Gasteiger partial charge is 0.312 e. The molecule has 23 heavy (non-hydrogen) atoms. The molecule has 0 atom stereocenters. The molecule has 3 nitrogen and oxygen atoms in total. The molecule has 0 aromatic carbocycles. The zero-order chi connectivity index (χ0) is 17.0. The van der Waals surface area contributed by atoms with E-state index in [4.69, 9.17) is 4.74 Å². The van der Waals surface area contributed by atoms with E-state index in [2.05, 4.69) is 12.2 Å². The lowest BCUT2D eigenvalue weighted by atomic mass is 9.93. The largest absolute Gasteiger partial charge is 0.465 e. The van der Waals surface area contributed by atoms with Crippen molar-refractivity contribution in [2.45, 2.75) is 104 Å². The van der Waals surface area contributed by atoms with E-state index >= 15 is 0 Å². The normalized spacial score (nSPS) is 16.0. The Morgan fingerprint density at radius 2 is 1.57 bits per heavy atom. The third-order valence-corrected chi connectivity index (χ3v) is 4.97. The fourth-order valence-electron chi connectivity index (χ4n) is 3.20. The molecule has 0 amide bonds. The molecule has 0 aromatic heterocycles. The van der Waals surface area contributed by atoms with Crippen LogP contribution in [0.3, 0.4) is 0 Å². The van der Waals surface area contributed by atoms with Crippen molar-refractivity contribution in [1.82, 2.24) is 5.32 Å². The van der Waals surface area contributed by atoms with E-state index in [1.54, 1.807) is 0 Å². The highest BCUT2D eigenvalue weighted by Gasteiger charge is 2.30. The van der Waals surface area contributed by atoms with Crippen molar-refractivity contribution in [2.24, 2.45) is 5.41 Å². The summed E-state index contributed by atoms with van der Waals surface area (Å²) in [5.74, 6) is -0.0501. The average molecular weight is 326 g/mol. The minimum Gasteiger partial charge on any atom is -0.465 e. The van der Waals surface area contributed by atoms with Gasteiger partial charge in [0, 0.05) is 12.6 Å². The Labute approximate surface area is 143 Å². The summed E-state index contributed by atoms with van der Waals surface area (Å²) in [5, 5.41) is 3.54. The van der Waals surface area contributed by atoms with Gasteiger partial charge >= 0.3 is 5.97 Å². The number of esters is 1. The van der Waals surface area contributed by atoms with Crippen LogP contribution in [-0.2, 0) is 9.53 Å². The van der Waals surface area contributed by atoms with Crippen LogP contribution in [0.5, 0.6) is 0 Å². The van der Waals surface area contributed by atoms with Gasteiger partial charge in [-0.15, -0.1) is 0 Å². The summed E-state index contributed by atoms with van der Waals surface area (Å²) in [6.45, 7) is 7.55. The molecule has 1 aliphatic rings. The van der Waals surface area contributed by atoms with Crippen molar-refractivity contribution >= 4 is 5.97 Å². The zero-order valence-corrected chi connectivity index (χ0v) is 15.8. The van der Waals surface area contributed by atoms with Gasteiger partial charge in [0.2, 0.25) is 0 Å². The Hall–Kier alpha value is -0.570. The van der Waals surface area contributed by atoms with Crippen LogP contribution in [-0.4, -0.2) is 25.2 Å². The van der Waals surface area contributed by atoms with E-state index in [-0.39, 0.29) is 5.97 Å². The van der Waals surface area contributed by atoms with Crippen molar-refractivity contribution < 1.29 is 9.53 Å². The van der Waals surface area contributed by atoms with E-state index in [0.29, 0.717) is 12.6 Å². The molecular formula is C20H39NO2. The van der Waals surface area contributed by atoms with Gasteiger partial charge in [0.15, 0.2) is 0 Å². The summed E-state index contributed by atoms with van der Waals surface area (Å²) in [5.41, 5.74) is -0.414. The van der Waals surface area contributed by atoms with Gasteiger partial charge in [-0.3, -0.25) is 4.79 Å². The summed E-state index contributed by atoms with van der Waals surface area (Å²) in [6.07, 6.45) is 15.3. The molecule has 0 aromatic rings. The highest BCUT2D eigenvalue weighted by molar-refractivity contribution is 5.76. The lowest BCUT2D eigenvalue weighted by Crippen LogP contribution is -2.41. The van der Waals surface area contributed by atoms with Crippen LogP contribution in [0.4, 0.5) is 0 Å². The Balaban J connectivity index is 2.00. The van der Waals surface area contributed by atoms with E-state index in [1.165, 1.54) is 70.6 Å². The first-order valence-corrected chi connectivity index (χ1v) is 9.97. The number of rotatable bonds is 13.